The lowest BCUT2D eigenvalue weighted by molar-refractivity contribution is 0.103. The second-order valence-corrected chi connectivity index (χ2v) is 6.57. The average Bonchev–Trinajstić information content (AvgIpc) is 2.84. The number of hydrogen-bond acceptors (Lipinski definition) is 5. The topological polar surface area (TPSA) is 71.2 Å². The van der Waals surface area contributed by atoms with Gasteiger partial charge >= 0.3 is 0 Å². The minimum atomic E-state index is -0.302. The number of nitrogens with one attached hydrogen (secondary N) is 1. The summed E-state index contributed by atoms with van der Waals surface area (Å²) >= 11 is 10.6. The molecule has 2 rings (SSSR count). The zero-order chi connectivity index (χ0) is 15.6. The van der Waals surface area contributed by atoms with Gasteiger partial charge in [-0.1, -0.05) is 22.9 Å². The van der Waals surface area contributed by atoms with Crippen molar-refractivity contribution in [1.82, 2.24) is 4.98 Å². The summed E-state index contributed by atoms with van der Waals surface area (Å²) < 4.78 is 0.745. The molecule has 1 aromatic heterocycles. The Morgan fingerprint density at radius 2 is 2.29 bits per heavy atom. The summed E-state index contributed by atoms with van der Waals surface area (Å²) in [5.41, 5.74) is 6.42. The Labute approximate surface area is 140 Å². The second-order valence-electron chi connectivity index (χ2n) is 4.30. The number of carbonyl (C=O) groups is 1. The fourth-order valence-electron chi connectivity index (χ4n) is 1.55. The third-order valence-electron chi connectivity index (χ3n) is 2.83. The van der Waals surface area contributed by atoms with E-state index in [1.165, 1.54) is 11.3 Å². The lowest BCUT2D eigenvalue weighted by Crippen LogP contribution is -2.15. The van der Waals surface area contributed by atoms with Crippen LogP contribution in [-0.4, -0.2) is 24.5 Å². The van der Waals surface area contributed by atoms with Crippen LogP contribution in [0.3, 0.4) is 0 Å². The Morgan fingerprint density at radius 1 is 1.57 bits per heavy atom. The van der Waals surface area contributed by atoms with Crippen molar-refractivity contribution in [3.05, 3.63) is 32.6 Å². The van der Waals surface area contributed by atoms with Gasteiger partial charge in [0, 0.05) is 23.1 Å². The number of aromatic nitrogens is 1. The number of halogens is 2. The van der Waals surface area contributed by atoms with E-state index in [0.717, 1.165) is 11.0 Å². The van der Waals surface area contributed by atoms with Crippen molar-refractivity contribution in [1.29, 1.82) is 0 Å². The standard InChI is InChI=1S/C13H14BrClN4OS/c1-3-19(2)13-18-11(16)10(21-13)12(20)17-9-6-7(15)4-5-8(9)14/h4-6H,3,16H2,1-2H3,(H,17,20). The maximum absolute atomic E-state index is 12.3. The summed E-state index contributed by atoms with van der Waals surface area (Å²) in [5, 5.41) is 4.03. The number of carbonyl (C=O) groups excluding carboxylic acids is 1. The predicted molar refractivity (Wildman–Crippen MR) is 92.6 cm³/mol. The van der Waals surface area contributed by atoms with E-state index in [2.05, 4.69) is 26.2 Å². The van der Waals surface area contributed by atoms with Gasteiger partial charge in [0.1, 0.15) is 10.7 Å². The smallest absolute Gasteiger partial charge is 0.269 e. The SMILES string of the molecule is CCN(C)c1nc(N)c(C(=O)Nc2cc(Cl)ccc2Br)s1. The van der Waals surface area contributed by atoms with Gasteiger partial charge in [0.15, 0.2) is 5.13 Å². The molecule has 0 fully saturated rings. The van der Waals surface area contributed by atoms with E-state index in [-0.39, 0.29) is 11.7 Å². The number of nitrogens with zero attached hydrogens (tertiary/aromatic N) is 2. The molecular weight excluding hydrogens is 376 g/mol. The van der Waals surface area contributed by atoms with Crippen LogP contribution in [0.15, 0.2) is 22.7 Å². The van der Waals surface area contributed by atoms with E-state index in [1.54, 1.807) is 18.2 Å². The molecule has 0 bridgehead atoms. The van der Waals surface area contributed by atoms with Gasteiger partial charge in [0.2, 0.25) is 0 Å². The summed E-state index contributed by atoms with van der Waals surface area (Å²) in [6.45, 7) is 2.79. The maximum atomic E-state index is 12.3. The molecule has 0 atom stereocenters. The summed E-state index contributed by atoms with van der Waals surface area (Å²) in [5.74, 6) is -0.0744. The highest BCUT2D eigenvalue weighted by Crippen LogP contribution is 2.30. The highest BCUT2D eigenvalue weighted by molar-refractivity contribution is 9.10. The van der Waals surface area contributed by atoms with Crippen LogP contribution in [0.1, 0.15) is 16.6 Å². The molecule has 1 heterocycles. The highest BCUT2D eigenvalue weighted by Gasteiger charge is 2.18. The first kappa shape index (κ1) is 16.1. The Morgan fingerprint density at radius 3 is 2.95 bits per heavy atom. The van der Waals surface area contributed by atoms with Crippen LogP contribution in [0.2, 0.25) is 5.02 Å². The molecule has 0 aliphatic heterocycles. The van der Waals surface area contributed by atoms with Gasteiger partial charge in [-0.05, 0) is 41.1 Å². The van der Waals surface area contributed by atoms with Crippen LogP contribution >= 0.6 is 38.9 Å². The monoisotopic (exact) mass is 388 g/mol. The first-order chi connectivity index (χ1) is 9.92. The number of amides is 1. The first-order valence-corrected chi connectivity index (χ1v) is 8.15. The molecule has 0 saturated heterocycles. The molecule has 0 radical (unpaired) electrons. The van der Waals surface area contributed by atoms with Crippen molar-refractivity contribution in [3.8, 4) is 0 Å². The number of benzene rings is 1. The molecule has 1 aromatic carbocycles. The van der Waals surface area contributed by atoms with E-state index in [4.69, 9.17) is 17.3 Å². The van der Waals surface area contributed by atoms with Gasteiger partial charge in [-0.25, -0.2) is 4.98 Å². The third kappa shape index (κ3) is 3.66. The summed E-state index contributed by atoms with van der Waals surface area (Å²) in [4.78, 5) is 18.8. The molecule has 21 heavy (non-hydrogen) atoms. The van der Waals surface area contributed by atoms with Gasteiger partial charge in [-0.2, -0.15) is 0 Å². The summed E-state index contributed by atoms with van der Waals surface area (Å²) in [6.07, 6.45) is 0. The Kier molecular flexibility index (Phi) is 5.08. The van der Waals surface area contributed by atoms with Crippen molar-refractivity contribution in [3.63, 3.8) is 0 Å². The Bertz CT molecular complexity index is 676. The lowest BCUT2D eigenvalue weighted by Gasteiger charge is -2.11. The third-order valence-corrected chi connectivity index (χ3v) is 4.94. The molecule has 2 aromatic rings. The fraction of sp³-hybridized carbons (Fsp3) is 0.231. The largest absolute Gasteiger partial charge is 0.382 e. The average molecular weight is 390 g/mol. The second kappa shape index (κ2) is 6.64. The number of nitrogens with two attached hydrogens (primary N) is 1. The van der Waals surface area contributed by atoms with Crippen LogP contribution in [-0.2, 0) is 0 Å². The minimum Gasteiger partial charge on any atom is -0.382 e. The summed E-state index contributed by atoms with van der Waals surface area (Å²) in [7, 11) is 1.90. The zero-order valence-corrected chi connectivity index (χ0v) is 14.6. The quantitative estimate of drug-likeness (QED) is 0.833. The van der Waals surface area contributed by atoms with Crippen molar-refractivity contribution < 1.29 is 4.79 Å². The van der Waals surface area contributed by atoms with Crippen LogP contribution in [0.5, 0.6) is 0 Å². The van der Waals surface area contributed by atoms with E-state index in [0.29, 0.717) is 20.7 Å². The molecule has 3 N–H and O–H groups in total. The van der Waals surface area contributed by atoms with E-state index in [1.807, 2.05) is 18.9 Å². The number of anilines is 3. The van der Waals surface area contributed by atoms with E-state index in [9.17, 15) is 4.79 Å². The van der Waals surface area contributed by atoms with Gasteiger partial charge in [-0.3, -0.25) is 4.79 Å². The predicted octanol–water partition coefficient (Wildman–Crippen LogP) is 3.85. The number of hydrogen-bond donors (Lipinski definition) is 2. The minimum absolute atomic E-state index is 0.228. The molecule has 1 amide bonds. The van der Waals surface area contributed by atoms with Gasteiger partial charge < -0.3 is 16.0 Å². The molecule has 112 valence electrons. The molecule has 8 heteroatoms. The molecule has 0 unspecified atom stereocenters. The van der Waals surface area contributed by atoms with Crippen LogP contribution in [0, 0.1) is 0 Å². The highest BCUT2D eigenvalue weighted by atomic mass is 79.9. The molecule has 0 aliphatic rings. The molecule has 0 saturated carbocycles. The molecule has 5 nitrogen and oxygen atoms in total. The van der Waals surface area contributed by atoms with Crippen LogP contribution in [0.25, 0.3) is 0 Å². The lowest BCUT2D eigenvalue weighted by atomic mass is 10.3. The van der Waals surface area contributed by atoms with Crippen molar-refractivity contribution in [2.24, 2.45) is 0 Å². The zero-order valence-electron chi connectivity index (χ0n) is 11.5. The van der Waals surface area contributed by atoms with E-state index < -0.39 is 0 Å². The Balaban J connectivity index is 2.24. The summed E-state index contributed by atoms with van der Waals surface area (Å²) in [6, 6.07) is 5.17. The van der Waals surface area contributed by atoms with Gasteiger partial charge in [0.05, 0.1) is 5.69 Å². The normalized spacial score (nSPS) is 10.5. The van der Waals surface area contributed by atoms with Crippen molar-refractivity contribution >= 4 is 61.4 Å². The molecule has 0 spiro atoms. The number of rotatable bonds is 4. The van der Waals surface area contributed by atoms with Crippen LogP contribution in [0.4, 0.5) is 16.6 Å². The van der Waals surface area contributed by atoms with Crippen molar-refractivity contribution in [2.45, 2.75) is 6.92 Å². The van der Waals surface area contributed by atoms with E-state index >= 15 is 0 Å². The van der Waals surface area contributed by atoms with Gasteiger partial charge in [-0.15, -0.1) is 0 Å². The maximum Gasteiger partial charge on any atom is 0.269 e. The number of thiazole rings is 1. The molecular formula is C13H14BrClN4OS. The number of nitrogen functional groups attached to an aromatic ring is 1. The fourth-order valence-corrected chi connectivity index (χ4v) is 2.98. The molecule has 0 aliphatic carbocycles. The first-order valence-electron chi connectivity index (χ1n) is 6.16. The van der Waals surface area contributed by atoms with Crippen LogP contribution < -0.4 is 16.0 Å². The van der Waals surface area contributed by atoms with Gasteiger partial charge in [0.25, 0.3) is 5.91 Å². The van der Waals surface area contributed by atoms with Crippen molar-refractivity contribution in [2.75, 3.05) is 29.5 Å². The Hall–Kier alpha value is -1.31.